The van der Waals surface area contributed by atoms with E-state index >= 15 is 0 Å². The second-order valence-electron chi connectivity index (χ2n) is 8.81. The normalized spacial score (nSPS) is 12.5. The van der Waals surface area contributed by atoms with Gasteiger partial charge in [-0.05, 0) is 43.5 Å². The summed E-state index contributed by atoms with van der Waals surface area (Å²) in [7, 11) is 0. The molecule has 0 aliphatic heterocycles. The number of nitro groups is 1. The summed E-state index contributed by atoms with van der Waals surface area (Å²) >= 11 is 0. The monoisotopic (exact) mass is 434 g/mol. The Morgan fingerprint density at radius 3 is 2.12 bits per heavy atom. The fourth-order valence-corrected chi connectivity index (χ4v) is 3.44. The van der Waals surface area contributed by atoms with E-state index in [1.165, 1.54) is 6.07 Å². The first-order valence-electron chi connectivity index (χ1n) is 10.7. The third kappa shape index (κ3) is 6.39. The number of hydrogen-bond acceptors (Lipinski definition) is 5. The van der Waals surface area contributed by atoms with Crippen molar-refractivity contribution in [1.82, 2.24) is 4.90 Å². The van der Waals surface area contributed by atoms with Crippen molar-refractivity contribution < 1.29 is 14.8 Å². The van der Waals surface area contributed by atoms with Crippen LogP contribution in [-0.4, -0.2) is 27.0 Å². The number of nitrogens with zero attached hydrogens (tertiary/aromatic N) is 2. The minimum absolute atomic E-state index is 0.150. The fraction of sp³-hybridized carbons (Fsp3) is 0.308. The molecule has 0 bridgehead atoms. The van der Waals surface area contributed by atoms with Crippen LogP contribution in [0.1, 0.15) is 43.6 Å². The van der Waals surface area contributed by atoms with Gasteiger partial charge in [0.1, 0.15) is 6.61 Å². The molecule has 1 N–H and O–H groups in total. The molecule has 6 heteroatoms. The van der Waals surface area contributed by atoms with Crippen LogP contribution in [0.4, 0.5) is 5.69 Å². The Hall–Kier alpha value is -3.22. The molecule has 0 saturated carbocycles. The van der Waals surface area contributed by atoms with Gasteiger partial charge in [-0.2, -0.15) is 0 Å². The van der Waals surface area contributed by atoms with Crippen LogP contribution in [0.15, 0.2) is 78.9 Å². The van der Waals surface area contributed by atoms with Gasteiger partial charge in [0.2, 0.25) is 0 Å². The van der Waals surface area contributed by atoms with E-state index in [4.69, 9.17) is 4.74 Å². The van der Waals surface area contributed by atoms with E-state index in [-0.39, 0.29) is 23.6 Å². The number of ether oxygens (including phenoxy) is 1. The van der Waals surface area contributed by atoms with Crippen LogP contribution in [0.3, 0.4) is 0 Å². The smallest absolute Gasteiger partial charge is 0.311 e. The van der Waals surface area contributed by atoms with Crippen LogP contribution in [0.5, 0.6) is 5.75 Å². The zero-order chi connectivity index (χ0) is 23.1. The molecule has 1 unspecified atom stereocenters. The van der Waals surface area contributed by atoms with E-state index in [2.05, 4.69) is 37.8 Å². The lowest BCUT2D eigenvalue weighted by Crippen LogP contribution is -2.43. The molecule has 0 amide bonds. The summed E-state index contributed by atoms with van der Waals surface area (Å²) in [4.78, 5) is 13.4. The predicted octanol–water partition coefficient (Wildman–Crippen LogP) is 5.51. The molecule has 0 heterocycles. The third-order valence-corrected chi connectivity index (χ3v) is 5.36. The topological polar surface area (TPSA) is 75.8 Å². The second kappa shape index (κ2) is 10.4. The number of aliphatic hydroxyl groups excluding tert-OH is 1. The summed E-state index contributed by atoms with van der Waals surface area (Å²) in [5.74, 6) is 0.187. The molecule has 3 aromatic carbocycles. The highest BCUT2D eigenvalue weighted by Gasteiger charge is 2.26. The number of hydrogen-bond donors (Lipinski definition) is 1. The van der Waals surface area contributed by atoms with Crippen molar-refractivity contribution in [2.45, 2.75) is 45.6 Å². The van der Waals surface area contributed by atoms with Gasteiger partial charge in [-0.3, -0.25) is 15.0 Å². The molecule has 1 atom stereocenters. The summed E-state index contributed by atoms with van der Waals surface area (Å²) in [6.45, 7) is 7.52. The Kier molecular flexibility index (Phi) is 7.62. The zero-order valence-corrected chi connectivity index (χ0v) is 18.8. The van der Waals surface area contributed by atoms with Crippen LogP contribution in [0, 0.1) is 10.1 Å². The van der Waals surface area contributed by atoms with Gasteiger partial charge in [0.05, 0.1) is 11.0 Å². The Morgan fingerprint density at radius 2 is 1.56 bits per heavy atom. The molecule has 168 valence electrons. The number of nitro benzene ring substituents is 1. The number of β-amino-alcohol motifs (C(OH)–C–C–N with tert-alkyl or cyclic N) is 1. The van der Waals surface area contributed by atoms with Gasteiger partial charge >= 0.3 is 5.69 Å². The Balaban J connectivity index is 1.76. The molecule has 0 radical (unpaired) electrons. The molecule has 6 nitrogen and oxygen atoms in total. The van der Waals surface area contributed by atoms with Crippen LogP contribution >= 0.6 is 0 Å². The van der Waals surface area contributed by atoms with Crippen LogP contribution in [0.25, 0.3) is 0 Å². The van der Waals surface area contributed by atoms with Crippen molar-refractivity contribution in [2.75, 3.05) is 6.54 Å². The number of rotatable bonds is 9. The van der Waals surface area contributed by atoms with Gasteiger partial charge < -0.3 is 9.84 Å². The molecule has 3 rings (SSSR count). The van der Waals surface area contributed by atoms with Crippen molar-refractivity contribution >= 4 is 5.69 Å². The molecule has 0 aliphatic rings. The van der Waals surface area contributed by atoms with Crippen molar-refractivity contribution in [3.63, 3.8) is 0 Å². The lowest BCUT2D eigenvalue weighted by atomic mass is 10.0. The minimum Gasteiger partial charge on any atom is -0.482 e. The van der Waals surface area contributed by atoms with E-state index < -0.39 is 11.0 Å². The van der Waals surface area contributed by atoms with Gasteiger partial charge in [0.15, 0.2) is 5.75 Å². The largest absolute Gasteiger partial charge is 0.482 e. The predicted molar refractivity (Wildman–Crippen MR) is 125 cm³/mol. The highest BCUT2D eigenvalue weighted by Crippen LogP contribution is 2.32. The summed E-state index contributed by atoms with van der Waals surface area (Å²) in [5, 5.41) is 22.6. The van der Waals surface area contributed by atoms with Crippen LogP contribution in [-0.2, 0) is 13.2 Å². The SMILES string of the molecule is CC(C)(C)N(Cc1ccccc1)CC(O)c1ccc(OCc2ccccc2)c([N+](=O)[O-])c1. The van der Waals surface area contributed by atoms with E-state index in [1.54, 1.807) is 12.1 Å². The highest BCUT2D eigenvalue weighted by atomic mass is 16.6. The van der Waals surface area contributed by atoms with Crippen LogP contribution in [0.2, 0.25) is 0 Å². The van der Waals surface area contributed by atoms with Gasteiger partial charge in [0, 0.05) is 24.7 Å². The Labute approximate surface area is 189 Å². The average molecular weight is 435 g/mol. The maximum atomic E-state index is 11.7. The summed E-state index contributed by atoms with van der Waals surface area (Å²) < 4.78 is 5.70. The Bertz CT molecular complexity index is 1020. The van der Waals surface area contributed by atoms with E-state index in [9.17, 15) is 15.2 Å². The summed E-state index contributed by atoms with van der Waals surface area (Å²) in [5.41, 5.74) is 2.22. The van der Waals surface area contributed by atoms with Crippen LogP contribution < -0.4 is 4.74 Å². The zero-order valence-electron chi connectivity index (χ0n) is 18.8. The molecule has 0 fully saturated rings. The van der Waals surface area contributed by atoms with Crippen molar-refractivity contribution in [2.24, 2.45) is 0 Å². The summed E-state index contributed by atoms with van der Waals surface area (Å²) in [6, 6.07) is 24.2. The number of aliphatic hydroxyl groups is 1. The van der Waals surface area contributed by atoms with Crippen molar-refractivity contribution in [1.29, 1.82) is 0 Å². The standard InChI is InChI=1S/C26H30N2O4/c1-26(2,3)27(17-20-10-6-4-7-11-20)18-24(29)22-14-15-25(23(16-22)28(30)31)32-19-21-12-8-5-9-13-21/h4-16,24,29H,17-19H2,1-3H3. The summed E-state index contributed by atoms with van der Waals surface area (Å²) in [6.07, 6.45) is -0.875. The maximum absolute atomic E-state index is 11.7. The number of benzene rings is 3. The molecule has 3 aromatic rings. The fourth-order valence-electron chi connectivity index (χ4n) is 3.44. The van der Waals surface area contributed by atoms with Gasteiger partial charge in [-0.15, -0.1) is 0 Å². The molecule has 32 heavy (non-hydrogen) atoms. The lowest BCUT2D eigenvalue weighted by molar-refractivity contribution is -0.386. The van der Waals surface area contributed by atoms with Gasteiger partial charge in [-0.1, -0.05) is 66.7 Å². The average Bonchev–Trinajstić information content (AvgIpc) is 2.77. The highest BCUT2D eigenvalue weighted by molar-refractivity contribution is 5.49. The first kappa shape index (κ1) is 23.4. The molecule has 0 aliphatic carbocycles. The minimum atomic E-state index is -0.875. The molecular formula is C26H30N2O4. The first-order chi connectivity index (χ1) is 15.2. The molecular weight excluding hydrogens is 404 g/mol. The lowest BCUT2D eigenvalue weighted by Gasteiger charge is -2.37. The maximum Gasteiger partial charge on any atom is 0.311 e. The molecule has 0 saturated heterocycles. The van der Waals surface area contributed by atoms with Gasteiger partial charge in [0.25, 0.3) is 0 Å². The van der Waals surface area contributed by atoms with Gasteiger partial charge in [-0.25, -0.2) is 0 Å². The van der Waals surface area contributed by atoms with E-state index in [0.717, 1.165) is 11.1 Å². The van der Waals surface area contributed by atoms with Crippen molar-refractivity contribution in [3.05, 3.63) is 106 Å². The van der Waals surface area contributed by atoms with E-state index in [0.29, 0.717) is 18.7 Å². The first-order valence-corrected chi connectivity index (χ1v) is 10.7. The Morgan fingerprint density at radius 1 is 0.969 bits per heavy atom. The quantitative estimate of drug-likeness (QED) is 0.355. The molecule has 0 spiro atoms. The van der Waals surface area contributed by atoms with Crippen molar-refractivity contribution in [3.8, 4) is 5.75 Å². The second-order valence-corrected chi connectivity index (χ2v) is 8.81. The third-order valence-electron chi connectivity index (χ3n) is 5.36. The molecule has 0 aromatic heterocycles. The van der Waals surface area contributed by atoms with E-state index in [1.807, 2.05) is 48.5 Å².